The first-order valence-corrected chi connectivity index (χ1v) is 16.3. The van der Waals surface area contributed by atoms with Crippen LogP contribution in [0.4, 0.5) is 0 Å². The Morgan fingerprint density at radius 1 is 0.792 bits per heavy atom. The van der Waals surface area contributed by atoms with Crippen molar-refractivity contribution in [2.75, 3.05) is 25.6 Å². The lowest BCUT2D eigenvalue weighted by Crippen LogP contribution is -2.46. The van der Waals surface area contributed by atoms with Crippen LogP contribution in [0.3, 0.4) is 0 Å². The minimum absolute atomic E-state index is 0.433. The molecular weight excluding hydrogens is 352 g/mol. The number of rotatable bonds is 14. The Morgan fingerprint density at radius 3 is 1.54 bits per heavy atom. The lowest BCUT2D eigenvalue weighted by atomic mass is 10.2. The predicted molar refractivity (Wildman–Crippen MR) is 114 cm³/mol. The highest BCUT2D eigenvalue weighted by Crippen LogP contribution is 2.43. The van der Waals surface area contributed by atoms with Gasteiger partial charge in [0.05, 0.1) is 0 Å². The van der Waals surface area contributed by atoms with Crippen LogP contribution in [0, 0.1) is 0 Å². The molecule has 0 spiro atoms. The highest BCUT2D eigenvalue weighted by atomic mass is 32.4. The van der Waals surface area contributed by atoms with E-state index >= 15 is 0 Å². The molecule has 0 saturated carbocycles. The summed E-state index contributed by atoms with van der Waals surface area (Å²) in [5, 5.41) is 0.433. The van der Waals surface area contributed by atoms with Gasteiger partial charge in [0.2, 0.25) is 0 Å². The van der Waals surface area contributed by atoms with E-state index in [1.807, 2.05) is 0 Å². The van der Waals surface area contributed by atoms with Gasteiger partial charge in [-0.15, -0.1) is 0 Å². The van der Waals surface area contributed by atoms with Crippen LogP contribution in [-0.2, 0) is 13.3 Å². The third-order valence-electron chi connectivity index (χ3n) is 4.47. The molecule has 146 valence electrons. The first kappa shape index (κ1) is 24.7. The fourth-order valence-electron chi connectivity index (χ4n) is 1.95. The minimum Gasteiger partial charge on any atom is -0.373 e. The summed E-state index contributed by atoms with van der Waals surface area (Å²) in [4.78, 5) is 0. The third kappa shape index (κ3) is 9.39. The van der Waals surface area contributed by atoms with Crippen LogP contribution in [0.2, 0.25) is 24.2 Å². The SMILES string of the molecule is CCCO[Si](CCCS[Si](C)(C)C(C)(C)C)(OCCC)OCCC. The van der Waals surface area contributed by atoms with Crippen molar-refractivity contribution in [3.8, 4) is 0 Å². The summed E-state index contributed by atoms with van der Waals surface area (Å²) in [7, 11) is -3.77. The van der Waals surface area contributed by atoms with Crippen LogP contribution in [-0.4, -0.2) is 41.6 Å². The molecule has 0 amide bonds. The van der Waals surface area contributed by atoms with Gasteiger partial charge < -0.3 is 13.3 Å². The standard InChI is InChI=1S/C18H42O3SSi2/c1-9-13-19-24(20-14-10-2,21-15-11-3)17-12-16-22-23(7,8)18(4,5)6/h9-17H2,1-8H3. The van der Waals surface area contributed by atoms with Gasteiger partial charge in [-0.3, -0.25) is 0 Å². The molecule has 0 aliphatic carbocycles. The molecule has 0 rings (SSSR count). The van der Waals surface area contributed by atoms with Crippen molar-refractivity contribution in [3.05, 3.63) is 0 Å². The van der Waals surface area contributed by atoms with E-state index in [4.69, 9.17) is 13.3 Å². The second-order valence-electron chi connectivity index (χ2n) is 7.94. The number of hydrogen-bond acceptors (Lipinski definition) is 4. The van der Waals surface area contributed by atoms with Gasteiger partial charge in [-0.1, -0.05) is 54.6 Å². The molecule has 0 aromatic carbocycles. The van der Waals surface area contributed by atoms with Crippen molar-refractivity contribution >= 4 is 27.2 Å². The van der Waals surface area contributed by atoms with E-state index in [2.05, 4.69) is 65.8 Å². The molecule has 0 N–H and O–H groups in total. The Labute approximate surface area is 157 Å². The summed E-state index contributed by atoms with van der Waals surface area (Å²) in [5.74, 6) is 1.19. The molecule has 0 radical (unpaired) electrons. The Bertz CT molecular complexity index is 298. The van der Waals surface area contributed by atoms with Crippen LogP contribution < -0.4 is 0 Å². The van der Waals surface area contributed by atoms with Crippen LogP contribution in [0.15, 0.2) is 0 Å². The van der Waals surface area contributed by atoms with Gasteiger partial charge in [0.1, 0.15) is 7.22 Å². The first-order valence-electron chi connectivity index (χ1n) is 9.70. The van der Waals surface area contributed by atoms with Crippen molar-refractivity contribution in [2.24, 2.45) is 0 Å². The van der Waals surface area contributed by atoms with E-state index in [1.54, 1.807) is 0 Å². The number of hydrogen-bond donors (Lipinski definition) is 0. The van der Waals surface area contributed by atoms with E-state index in [0.29, 0.717) is 5.04 Å². The Hall–Kier alpha value is 0.664. The van der Waals surface area contributed by atoms with Crippen molar-refractivity contribution in [1.29, 1.82) is 0 Å². The van der Waals surface area contributed by atoms with Crippen molar-refractivity contribution in [2.45, 2.75) is 91.4 Å². The van der Waals surface area contributed by atoms with Gasteiger partial charge >= 0.3 is 8.80 Å². The first-order chi connectivity index (χ1) is 11.1. The largest absolute Gasteiger partial charge is 0.500 e. The molecule has 0 aromatic heterocycles. The van der Waals surface area contributed by atoms with E-state index in [9.17, 15) is 0 Å². The fraction of sp³-hybridized carbons (Fsp3) is 1.00. The zero-order valence-electron chi connectivity index (χ0n) is 17.5. The lowest BCUT2D eigenvalue weighted by Gasteiger charge is -2.36. The average Bonchev–Trinajstić information content (AvgIpc) is 2.51. The molecule has 0 saturated heterocycles. The van der Waals surface area contributed by atoms with Gasteiger partial charge in [0.15, 0.2) is 0 Å². The minimum atomic E-state index is -2.50. The topological polar surface area (TPSA) is 27.7 Å². The smallest absolute Gasteiger partial charge is 0.373 e. The predicted octanol–water partition coefficient (Wildman–Crippen LogP) is 6.33. The molecule has 0 fully saturated rings. The van der Waals surface area contributed by atoms with Gasteiger partial charge in [-0.2, -0.15) is 11.2 Å². The van der Waals surface area contributed by atoms with Crippen LogP contribution >= 0.6 is 11.2 Å². The van der Waals surface area contributed by atoms with Crippen LogP contribution in [0.1, 0.15) is 67.2 Å². The van der Waals surface area contributed by atoms with Crippen molar-refractivity contribution in [3.63, 3.8) is 0 Å². The van der Waals surface area contributed by atoms with Gasteiger partial charge in [0, 0.05) is 25.9 Å². The van der Waals surface area contributed by atoms with Crippen LogP contribution in [0.25, 0.3) is 0 Å². The summed E-state index contributed by atoms with van der Waals surface area (Å²) < 4.78 is 18.5. The van der Waals surface area contributed by atoms with Crippen molar-refractivity contribution < 1.29 is 13.3 Å². The van der Waals surface area contributed by atoms with E-state index in [1.165, 1.54) is 5.75 Å². The molecule has 0 aliphatic rings. The molecule has 0 aromatic rings. The summed E-state index contributed by atoms with van der Waals surface area (Å²) in [5.41, 5.74) is 0. The second-order valence-corrected chi connectivity index (χ2v) is 19.8. The average molecular weight is 395 g/mol. The van der Waals surface area contributed by atoms with E-state index < -0.39 is 16.0 Å². The summed E-state index contributed by atoms with van der Waals surface area (Å²) >= 11 is 2.19. The Morgan fingerprint density at radius 2 is 1.21 bits per heavy atom. The van der Waals surface area contributed by atoms with Gasteiger partial charge in [-0.05, 0) is 36.5 Å². The molecule has 3 nitrogen and oxygen atoms in total. The summed E-state index contributed by atoms with van der Waals surface area (Å²) in [6.45, 7) is 20.8. The highest BCUT2D eigenvalue weighted by molar-refractivity contribution is 8.29. The van der Waals surface area contributed by atoms with E-state index in [0.717, 1.165) is 51.5 Å². The maximum absolute atomic E-state index is 6.18. The van der Waals surface area contributed by atoms with Gasteiger partial charge in [0.25, 0.3) is 0 Å². The zero-order chi connectivity index (χ0) is 18.7. The van der Waals surface area contributed by atoms with Crippen molar-refractivity contribution in [1.82, 2.24) is 0 Å². The van der Waals surface area contributed by atoms with Crippen LogP contribution in [0.5, 0.6) is 0 Å². The quantitative estimate of drug-likeness (QED) is 0.254. The maximum Gasteiger partial charge on any atom is 0.500 e. The molecule has 0 unspecified atom stereocenters. The van der Waals surface area contributed by atoms with E-state index in [-0.39, 0.29) is 0 Å². The highest BCUT2D eigenvalue weighted by Gasteiger charge is 2.41. The summed E-state index contributed by atoms with van der Waals surface area (Å²) in [6.07, 6.45) is 4.16. The molecule has 0 aliphatic heterocycles. The lowest BCUT2D eigenvalue weighted by molar-refractivity contribution is 0.0591. The molecule has 6 heteroatoms. The molecule has 0 heterocycles. The summed E-state index contributed by atoms with van der Waals surface area (Å²) in [6, 6.07) is 0.953. The molecule has 0 atom stereocenters. The molecular formula is C18H42O3SSi2. The fourth-order valence-corrected chi connectivity index (χ4v) is 9.54. The maximum atomic E-state index is 6.18. The molecule has 0 bridgehead atoms. The Balaban J connectivity index is 4.66. The van der Waals surface area contributed by atoms with Gasteiger partial charge in [-0.25, -0.2) is 0 Å². The third-order valence-corrected chi connectivity index (χ3v) is 16.8. The second kappa shape index (κ2) is 12.1. The zero-order valence-corrected chi connectivity index (χ0v) is 20.3. The monoisotopic (exact) mass is 394 g/mol. The molecule has 24 heavy (non-hydrogen) atoms. The Kier molecular flexibility index (Phi) is 12.5. The normalized spacial score (nSPS) is 13.5.